The Morgan fingerprint density at radius 3 is 2.61 bits per heavy atom. The zero-order chi connectivity index (χ0) is 16.8. The Bertz CT molecular complexity index is 576. The predicted octanol–water partition coefficient (Wildman–Crippen LogP) is 1.16. The third kappa shape index (κ3) is 4.28. The van der Waals surface area contributed by atoms with Crippen LogP contribution in [0.4, 0.5) is 4.79 Å². The Labute approximate surface area is 135 Å². The largest absolute Gasteiger partial charge is 0.493 e. The maximum Gasteiger partial charge on any atom is 0.315 e. The molecule has 126 valence electrons. The second-order valence-corrected chi connectivity index (χ2v) is 5.56. The van der Waals surface area contributed by atoms with Crippen molar-refractivity contribution in [3.63, 3.8) is 0 Å². The van der Waals surface area contributed by atoms with Crippen molar-refractivity contribution in [2.75, 3.05) is 14.2 Å². The van der Waals surface area contributed by atoms with Crippen LogP contribution in [0.15, 0.2) is 18.2 Å². The zero-order valence-corrected chi connectivity index (χ0v) is 13.4. The van der Waals surface area contributed by atoms with Crippen molar-refractivity contribution in [1.82, 2.24) is 10.6 Å². The van der Waals surface area contributed by atoms with Gasteiger partial charge >= 0.3 is 6.03 Å². The number of amides is 3. The Balaban J connectivity index is 1.88. The van der Waals surface area contributed by atoms with E-state index in [0.29, 0.717) is 18.0 Å². The quantitative estimate of drug-likeness (QED) is 0.731. The summed E-state index contributed by atoms with van der Waals surface area (Å²) >= 11 is 0. The molecular formula is C16H23N3O4. The summed E-state index contributed by atoms with van der Waals surface area (Å²) in [6.45, 7) is 0.347. The lowest BCUT2D eigenvalue weighted by Gasteiger charge is -2.18. The fourth-order valence-electron chi connectivity index (χ4n) is 2.87. The summed E-state index contributed by atoms with van der Waals surface area (Å²) in [5, 5.41) is 5.60. The molecule has 1 fully saturated rings. The van der Waals surface area contributed by atoms with Gasteiger partial charge in [-0.25, -0.2) is 4.79 Å². The van der Waals surface area contributed by atoms with Crippen molar-refractivity contribution in [3.05, 3.63) is 23.8 Å². The molecule has 0 bridgehead atoms. The summed E-state index contributed by atoms with van der Waals surface area (Å²) in [6.07, 6.45) is 2.40. The lowest BCUT2D eigenvalue weighted by atomic mass is 10.0. The molecule has 1 aliphatic rings. The molecule has 23 heavy (non-hydrogen) atoms. The van der Waals surface area contributed by atoms with Crippen LogP contribution in [0, 0.1) is 5.92 Å². The monoisotopic (exact) mass is 321 g/mol. The fourth-order valence-corrected chi connectivity index (χ4v) is 2.87. The highest BCUT2D eigenvalue weighted by Gasteiger charge is 2.32. The Morgan fingerprint density at radius 2 is 1.96 bits per heavy atom. The van der Waals surface area contributed by atoms with E-state index in [9.17, 15) is 9.59 Å². The third-order valence-electron chi connectivity index (χ3n) is 4.10. The smallest absolute Gasteiger partial charge is 0.315 e. The molecular weight excluding hydrogens is 298 g/mol. The summed E-state index contributed by atoms with van der Waals surface area (Å²) in [5.74, 6) is 0.613. The van der Waals surface area contributed by atoms with Crippen molar-refractivity contribution in [2.24, 2.45) is 11.7 Å². The Morgan fingerprint density at radius 1 is 1.22 bits per heavy atom. The minimum atomic E-state index is -0.354. The molecule has 1 saturated carbocycles. The molecule has 3 amide bonds. The topological polar surface area (TPSA) is 103 Å². The van der Waals surface area contributed by atoms with Crippen LogP contribution in [0.25, 0.3) is 0 Å². The van der Waals surface area contributed by atoms with Crippen molar-refractivity contribution in [2.45, 2.75) is 31.8 Å². The number of benzene rings is 1. The highest BCUT2D eigenvalue weighted by molar-refractivity contribution is 5.80. The minimum Gasteiger partial charge on any atom is -0.493 e. The first-order chi connectivity index (χ1) is 11.0. The molecule has 0 heterocycles. The van der Waals surface area contributed by atoms with Gasteiger partial charge < -0.3 is 25.8 Å². The first-order valence-corrected chi connectivity index (χ1v) is 7.59. The molecule has 0 aromatic heterocycles. The predicted molar refractivity (Wildman–Crippen MR) is 85.2 cm³/mol. The molecule has 0 unspecified atom stereocenters. The number of ether oxygens (including phenoxy) is 2. The van der Waals surface area contributed by atoms with Gasteiger partial charge in [0.2, 0.25) is 5.91 Å². The molecule has 0 radical (unpaired) electrons. The van der Waals surface area contributed by atoms with E-state index in [4.69, 9.17) is 15.2 Å². The summed E-state index contributed by atoms with van der Waals surface area (Å²) in [4.78, 5) is 23.3. The summed E-state index contributed by atoms with van der Waals surface area (Å²) in [5.41, 5.74) is 6.24. The number of nitrogens with one attached hydrogen (secondary N) is 2. The average Bonchev–Trinajstić information content (AvgIpc) is 3.00. The lowest BCUT2D eigenvalue weighted by Crippen LogP contribution is -2.46. The van der Waals surface area contributed by atoms with Gasteiger partial charge in [0.25, 0.3) is 0 Å². The van der Waals surface area contributed by atoms with Crippen molar-refractivity contribution >= 4 is 11.9 Å². The van der Waals surface area contributed by atoms with Gasteiger partial charge in [0.1, 0.15) is 0 Å². The Kier molecular flexibility index (Phi) is 5.67. The molecule has 2 atom stereocenters. The van der Waals surface area contributed by atoms with E-state index >= 15 is 0 Å². The number of primary amides is 1. The van der Waals surface area contributed by atoms with Crippen LogP contribution < -0.4 is 25.8 Å². The van der Waals surface area contributed by atoms with Crippen LogP contribution in [-0.2, 0) is 11.3 Å². The molecule has 1 aromatic rings. The second kappa shape index (κ2) is 7.71. The Hall–Kier alpha value is -2.44. The molecule has 0 aliphatic heterocycles. The van der Waals surface area contributed by atoms with Crippen molar-refractivity contribution < 1.29 is 19.1 Å². The molecule has 7 heteroatoms. The molecule has 0 saturated heterocycles. The number of carbonyl (C=O) groups is 2. The summed E-state index contributed by atoms with van der Waals surface area (Å²) in [7, 11) is 3.13. The number of urea groups is 1. The molecule has 1 aromatic carbocycles. The highest BCUT2D eigenvalue weighted by Crippen LogP contribution is 2.27. The van der Waals surface area contributed by atoms with Crippen LogP contribution in [0.1, 0.15) is 24.8 Å². The maximum atomic E-state index is 12.0. The number of rotatable bonds is 6. The average molecular weight is 321 g/mol. The van der Waals surface area contributed by atoms with E-state index in [-0.39, 0.29) is 23.9 Å². The molecule has 1 aliphatic carbocycles. The standard InChI is InChI=1S/C16H23N3O4/c1-22-13-7-6-10(8-14(13)23-2)9-18-16(21)19-12-5-3-4-11(12)15(17)20/h6-8,11-12H,3-5,9H2,1-2H3,(H2,17,20)(H2,18,19,21)/t11-,12+/m1/s1. The van der Waals surface area contributed by atoms with Crippen molar-refractivity contribution in [3.8, 4) is 11.5 Å². The van der Waals surface area contributed by atoms with Crippen LogP contribution in [0.2, 0.25) is 0 Å². The normalized spacial score (nSPS) is 19.9. The number of methoxy groups -OCH3 is 2. The molecule has 2 rings (SSSR count). The second-order valence-electron chi connectivity index (χ2n) is 5.56. The van der Waals surface area contributed by atoms with Crippen molar-refractivity contribution in [1.29, 1.82) is 0 Å². The third-order valence-corrected chi connectivity index (χ3v) is 4.10. The number of hydrogen-bond acceptors (Lipinski definition) is 4. The fraction of sp³-hybridized carbons (Fsp3) is 0.500. The first kappa shape index (κ1) is 16.9. The van der Waals surface area contributed by atoms with E-state index < -0.39 is 0 Å². The van der Waals surface area contributed by atoms with Gasteiger partial charge in [-0.15, -0.1) is 0 Å². The number of nitrogens with two attached hydrogens (primary N) is 1. The van der Waals surface area contributed by atoms with Gasteiger partial charge in [0, 0.05) is 12.6 Å². The maximum absolute atomic E-state index is 12.0. The minimum absolute atomic E-state index is 0.182. The molecule has 4 N–H and O–H groups in total. The highest BCUT2D eigenvalue weighted by atomic mass is 16.5. The van der Waals surface area contributed by atoms with E-state index in [1.54, 1.807) is 26.4 Å². The zero-order valence-electron chi connectivity index (χ0n) is 13.4. The first-order valence-electron chi connectivity index (χ1n) is 7.59. The number of carbonyl (C=O) groups excluding carboxylic acids is 2. The molecule has 7 nitrogen and oxygen atoms in total. The van der Waals surface area contributed by atoms with Crippen LogP contribution in [0.3, 0.4) is 0 Å². The molecule has 0 spiro atoms. The van der Waals surface area contributed by atoms with E-state index in [1.807, 2.05) is 6.07 Å². The summed E-state index contributed by atoms with van der Waals surface area (Å²) in [6, 6.07) is 4.95. The van der Waals surface area contributed by atoms with E-state index in [2.05, 4.69) is 10.6 Å². The lowest BCUT2D eigenvalue weighted by molar-refractivity contribution is -0.122. The van der Waals surface area contributed by atoms with Gasteiger partial charge in [-0.1, -0.05) is 12.5 Å². The summed E-state index contributed by atoms with van der Waals surface area (Å²) < 4.78 is 10.4. The van der Waals surface area contributed by atoms with E-state index in [0.717, 1.165) is 24.8 Å². The van der Waals surface area contributed by atoms with Crippen LogP contribution >= 0.6 is 0 Å². The van der Waals surface area contributed by atoms with Gasteiger partial charge in [-0.05, 0) is 30.5 Å². The van der Waals surface area contributed by atoms with Gasteiger partial charge in [0.15, 0.2) is 11.5 Å². The van der Waals surface area contributed by atoms with E-state index in [1.165, 1.54) is 0 Å². The SMILES string of the molecule is COc1ccc(CNC(=O)N[C@H]2CCC[C@H]2C(N)=O)cc1OC. The number of hydrogen-bond donors (Lipinski definition) is 3. The van der Waals surface area contributed by atoms with Gasteiger partial charge in [-0.3, -0.25) is 4.79 Å². The van der Waals surface area contributed by atoms with Gasteiger partial charge in [0.05, 0.1) is 20.1 Å². The van der Waals surface area contributed by atoms with Gasteiger partial charge in [-0.2, -0.15) is 0 Å². The van der Waals surface area contributed by atoms with Crippen LogP contribution in [0.5, 0.6) is 11.5 Å². The van der Waals surface area contributed by atoms with Crippen LogP contribution in [-0.4, -0.2) is 32.2 Å².